The van der Waals surface area contributed by atoms with Crippen molar-refractivity contribution in [2.45, 2.75) is 46.0 Å². The molecule has 0 saturated heterocycles. The molecule has 0 unspecified atom stereocenters. The number of hydrogen-bond donors (Lipinski definition) is 2. The molecular weight excluding hydrogens is 315 g/mol. The molecule has 9 heteroatoms. The molecule has 0 spiro atoms. The zero-order valence-corrected chi connectivity index (χ0v) is 13.7. The molecule has 0 aromatic carbocycles. The van der Waals surface area contributed by atoms with E-state index in [9.17, 15) is 18.9 Å². The molecule has 0 radical (unpaired) electrons. The summed E-state index contributed by atoms with van der Waals surface area (Å²) in [6.07, 6.45) is 2.52. The summed E-state index contributed by atoms with van der Waals surface area (Å²) in [5.74, 6) is -1.33. The Kier molecular flexibility index (Phi) is 10.1. The Labute approximate surface area is 129 Å². The van der Waals surface area contributed by atoms with Crippen molar-refractivity contribution >= 4 is 25.4 Å². The van der Waals surface area contributed by atoms with Gasteiger partial charge in [0.2, 0.25) is 0 Å². The number of esters is 1. The van der Waals surface area contributed by atoms with Gasteiger partial charge in [0, 0.05) is 6.42 Å². The summed E-state index contributed by atoms with van der Waals surface area (Å²) in [6, 6.07) is 0. The van der Waals surface area contributed by atoms with Gasteiger partial charge in [0.1, 0.15) is 18.8 Å². The van der Waals surface area contributed by atoms with Crippen LogP contribution in [0, 0.1) is 5.92 Å². The zero-order chi connectivity index (χ0) is 17.2. The van der Waals surface area contributed by atoms with Crippen LogP contribution in [-0.4, -0.2) is 40.5 Å². The minimum absolute atomic E-state index is 0.257. The lowest BCUT2D eigenvalue weighted by Gasteiger charge is -2.06. The average Bonchev–Trinajstić information content (AvgIpc) is 2.38. The van der Waals surface area contributed by atoms with Gasteiger partial charge in [-0.1, -0.05) is 26.7 Å². The lowest BCUT2D eigenvalue weighted by atomic mass is 10.0. The Hall–Kier alpha value is -1.08. The van der Waals surface area contributed by atoms with E-state index in [0.717, 1.165) is 12.8 Å². The third-order valence-electron chi connectivity index (χ3n) is 2.62. The number of ether oxygens (including phenoxy) is 1. The van der Waals surface area contributed by atoms with E-state index in [1.54, 1.807) is 0 Å². The number of rotatable bonds is 12. The van der Waals surface area contributed by atoms with Gasteiger partial charge in [-0.05, 0) is 12.3 Å². The number of phosphoric acid groups is 1. The molecule has 2 N–H and O–H groups in total. The number of phosphoric ester groups is 1. The molecule has 0 fully saturated rings. The topological polar surface area (TPSA) is 127 Å². The molecule has 128 valence electrons. The monoisotopic (exact) mass is 338 g/mol. The Morgan fingerprint density at radius 1 is 1.05 bits per heavy atom. The summed E-state index contributed by atoms with van der Waals surface area (Å²) in [5.41, 5.74) is 0. The summed E-state index contributed by atoms with van der Waals surface area (Å²) in [5, 5.41) is 0. The van der Waals surface area contributed by atoms with Crippen LogP contribution in [0.1, 0.15) is 46.0 Å². The maximum Gasteiger partial charge on any atom is 0.470 e. The van der Waals surface area contributed by atoms with Gasteiger partial charge in [0.15, 0.2) is 12.4 Å². The fourth-order valence-corrected chi connectivity index (χ4v) is 1.85. The molecule has 0 aliphatic carbocycles. The van der Waals surface area contributed by atoms with Crippen LogP contribution in [0.15, 0.2) is 0 Å². The largest absolute Gasteiger partial charge is 0.470 e. The van der Waals surface area contributed by atoms with Gasteiger partial charge >= 0.3 is 13.8 Å². The van der Waals surface area contributed by atoms with Gasteiger partial charge in [-0.2, -0.15) is 0 Å². The number of carbonyl (C=O) groups is 3. The first-order valence-corrected chi connectivity index (χ1v) is 8.52. The van der Waals surface area contributed by atoms with Crippen LogP contribution in [-0.2, 0) is 28.2 Å². The highest BCUT2D eigenvalue weighted by Crippen LogP contribution is 2.35. The Morgan fingerprint density at radius 2 is 1.68 bits per heavy atom. The molecule has 0 bridgehead atoms. The molecule has 0 aromatic rings. The highest BCUT2D eigenvalue weighted by Gasteiger charge is 2.18. The first kappa shape index (κ1) is 20.9. The van der Waals surface area contributed by atoms with Crippen LogP contribution in [0.4, 0.5) is 0 Å². The first-order chi connectivity index (χ1) is 10.1. The van der Waals surface area contributed by atoms with Crippen molar-refractivity contribution in [3.05, 3.63) is 0 Å². The lowest BCUT2D eigenvalue weighted by molar-refractivity contribution is -0.150. The number of ketones is 2. The van der Waals surface area contributed by atoms with Crippen molar-refractivity contribution in [1.82, 2.24) is 0 Å². The molecule has 0 amide bonds. The smallest absolute Gasteiger partial charge is 0.457 e. The standard InChI is InChI=1S/C13H23O8P/c1-10(2)5-3-4-6-11(14)7-13(16)20-8-12(15)9-21-22(17,18)19/h10H,3-9H2,1-2H3,(H2,17,18,19). The van der Waals surface area contributed by atoms with Crippen molar-refractivity contribution in [2.24, 2.45) is 5.92 Å². The Balaban J connectivity index is 3.78. The van der Waals surface area contributed by atoms with E-state index < -0.39 is 39.2 Å². The van der Waals surface area contributed by atoms with E-state index in [0.29, 0.717) is 12.3 Å². The highest BCUT2D eigenvalue weighted by atomic mass is 31.2. The first-order valence-electron chi connectivity index (χ1n) is 6.99. The second kappa shape index (κ2) is 10.6. The number of Topliss-reactive ketones (excluding diaryl/α,β-unsaturated/α-hetero) is 2. The second-order valence-corrected chi connectivity index (χ2v) is 6.56. The zero-order valence-electron chi connectivity index (χ0n) is 12.8. The summed E-state index contributed by atoms with van der Waals surface area (Å²) in [7, 11) is -4.73. The summed E-state index contributed by atoms with van der Waals surface area (Å²) < 4.78 is 18.8. The van der Waals surface area contributed by atoms with Crippen LogP contribution in [0.5, 0.6) is 0 Å². The maximum atomic E-state index is 11.5. The number of unbranched alkanes of at least 4 members (excludes halogenated alkanes) is 1. The summed E-state index contributed by atoms with van der Waals surface area (Å²) in [4.78, 5) is 50.7. The molecule has 0 aromatic heterocycles. The third kappa shape index (κ3) is 13.9. The van der Waals surface area contributed by atoms with Crippen molar-refractivity contribution in [3.63, 3.8) is 0 Å². The molecular formula is C13H23O8P. The van der Waals surface area contributed by atoms with Crippen LogP contribution < -0.4 is 0 Å². The van der Waals surface area contributed by atoms with E-state index in [2.05, 4.69) is 23.1 Å². The van der Waals surface area contributed by atoms with Gasteiger partial charge in [-0.15, -0.1) is 0 Å². The minimum atomic E-state index is -4.73. The molecule has 0 saturated carbocycles. The van der Waals surface area contributed by atoms with Crippen LogP contribution in [0.3, 0.4) is 0 Å². The van der Waals surface area contributed by atoms with E-state index in [-0.39, 0.29) is 12.2 Å². The SMILES string of the molecule is CC(C)CCCCC(=O)CC(=O)OCC(=O)COP(=O)(O)O. The third-order valence-corrected chi connectivity index (χ3v) is 3.08. The van der Waals surface area contributed by atoms with E-state index in [4.69, 9.17) is 9.79 Å². The molecule has 22 heavy (non-hydrogen) atoms. The fourth-order valence-electron chi connectivity index (χ4n) is 1.53. The second-order valence-electron chi connectivity index (χ2n) is 5.32. The van der Waals surface area contributed by atoms with E-state index in [1.807, 2.05) is 0 Å². The number of carbonyl (C=O) groups excluding carboxylic acids is 3. The van der Waals surface area contributed by atoms with Crippen LogP contribution in [0.25, 0.3) is 0 Å². The van der Waals surface area contributed by atoms with Crippen molar-refractivity contribution in [2.75, 3.05) is 13.2 Å². The van der Waals surface area contributed by atoms with E-state index >= 15 is 0 Å². The molecule has 8 nitrogen and oxygen atoms in total. The van der Waals surface area contributed by atoms with Gasteiger partial charge < -0.3 is 14.5 Å². The predicted octanol–water partition coefficient (Wildman–Crippen LogP) is 1.38. The molecule has 0 rings (SSSR count). The van der Waals surface area contributed by atoms with Crippen LogP contribution in [0.2, 0.25) is 0 Å². The van der Waals surface area contributed by atoms with Gasteiger partial charge in [0.25, 0.3) is 0 Å². The van der Waals surface area contributed by atoms with Gasteiger partial charge in [-0.3, -0.25) is 18.9 Å². The molecule has 0 atom stereocenters. The molecule has 0 aliphatic heterocycles. The Morgan fingerprint density at radius 3 is 2.23 bits per heavy atom. The summed E-state index contributed by atoms with van der Waals surface area (Å²) >= 11 is 0. The highest BCUT2D eigenvalue weighted by molar-refractivity contribution is 7.46. The fraction of sp³-hybridized carbons (Fsp3) is 0.769. The molecule has 0 aliphatic rings. The maximum absolute atomic E-state index is 11.5. The predicted molar refractivity (Wildman–Crippen MR) is 76.9 cm³/mol. The minimum Gasteiger partial charge on any atom is -0.457 e. The van der Waals surface area contributed by atoms with Crippen molar-refractivity contribution in [3.8, 4) is 0 Å². The van der Waals surface area contributed by atoms with Gasteiger partial charge in [0.05, 0.1) is 0 Å². The molecule has 0 heterocycles. The van der Waals surface area contributed by atoms with E-state index in [1.165, 1.54) is 0 Å². The average molecular weight is 338 g/mol. The normalized spacial score (nSPS) is 11.5. The van der Waals surface area contributed by atoms with Crippen molar-refractivity contribution in [1.29, 1.82) is 0 Å². The Bertz CT molecular complexity index is 426. The number of hydrogen-bond acceptors (Lipinski definition) is 6. The summed E-state index contributed by atoms with van der Waals surface area (Å²) in [6.45, 7) is 2.64. The quantitative estimate of drug-likeness (QED) is 0.236. The van der Waals surface area contributed by atoms with Crippen LogP contribution >= 0.6 is 7.82 Å². The van der Waals surface area contributed by atoms with Gasteiger partial charge in [-0.25, -0.2) is 4.57 Å². The van der Waals surface area contributed by atoms with Crippen molar-refractivity contribution < 1.29 is 38.0 Å². The lowest BCUT2D eigenvalue weighted by Crippen LogP contribution is -2.19.